The summed E-state index contributed by atoms with van der Waals surface area (Å²) in [4.78, 5) is 22.3. The lowest BCUT2D eigenvalue weighted by atomic mass is 10.1. The van der Waals surface area contributed by atoms with Crippen LogP contribution in [0.5, 0.6) is 0 Å². The topological polar surface area (TPSA) is 84.2 Å². The van der Waals surface area contributed by atoms with Crippen LogP contribution in [0, 0.1) is 5.92 Å². The Hall–Kier alpha value is -2.04. The van der Waals surface area contributed by atoms with Gasteiger partial charge >= 0.3 is 6.03 Å². The van der Waals surface area contributed by atoms with Crippen molar-refractivity contribution >= 4 is 17.6 Å². The molecule has 0 aliphatic rings. The summed E-state index contributed by atoms with van der Waals surface area (Å²) in [5.74, 6) is 0.291. The Labute approximate surface area is 100 Å². The predicted molar refractivity (Wildman–Crippen MR) is 66.8 cm³/mol. The molecule has 0 unspecified atom stereocenters. The molecular formula is C12H17N3O2. The van der Waals surface area contributed by atoms with Crippen LogP contribution in [-0.4, -0.2) is 18.5 Å². The number of rotatable bonds is 4. The summed E-state index contributed by atoms with van der Waals surface area (Å²) in [6.07, 6.45) is 0. The number of hydrogen-bond donors (Lipinski definition) is 3. The summed E-state index contributed by atoms with van der Waals surface area (Å²) < 4.78 is 0. The Kier molecular flexibility index (Phi) is 4.51. The molecule has 0 saturated heterocycles. The molecule has 1 aromatic carbocycles. The van der Waals surface area contributed by atoms with Crippen LogP contribution in [0.4, 0.5) is 10.5 Å². The Bertz CT molecular complexity index is 399. The van der Waals surface area contributed by atoms with Gasteiger partial charge in [0.2, 0.25) is 0 Å². The molecule has 0 fully saturated rings. The molecular weight excluding hydrogens is 218 g/mol. The van der Waals surface area contributed by atoms with Gasteiger partial charge in [-0.05, 0) is 30.2 Å². The molecule has 0 heterocycles. The molecule has 92 valence electrons. The molecule has 0 spiro atoms. The van der Waals surface area contributed by atoms with E-state index in [1.165, 1.54) is 0 Å². The standard InChI is InChI=1S/C12H17N3O2/c1-8(2)7-14-11(16)9-3-5-10(6-4-9)15-12(13)17/h3-6,8H,7H2,1-2H3,(H,14,16)(H3,13,15,17). The minimum Gasteiger partial charge on any atom is -0.352 e. The molecule has 0 saturated carbocycles. The fourth-order valence-electron chi connectivity index (χ4n) is 1.25. The largest absolute Gasteiger partial charge is 0.352 e. The lowest BCUT2D eigenvalue weighted by Crippen LogP contribution is -2.27. The van der Waals surface area contributed by atoms with Crippen LogP contribution in [0.2, 0.25) is 0 Å². The van der Waals surface area contributed by atoms with Gasteiger partial charge in [0.15, 0.2) is 0 Å². The fraction of sp³-hybridized carbons (Fsp3) is 0.333. The fourth-order valence-corrected chi connectivity index (χ4v) is 1.25. The number of nitrogens with one attached hydrogen (secondary N) is 2. The smallest absolute Gasteiger partial charge is 0.316 e. The number of amides is 3. The number of benzene rings is 1. The SMILES string of the molecule is CC(C)CNC(=O)c1ccc(NC(N)=O)cc1. The maximum Gasteiger partial charge on any atom is 0.316 e. The summed E-state index contributed by atoms with van der Waals surface area (Å²) in [7, 11) is 0. The van der Waals surface area contributed by atoms with Gasteiger partial charge in [-0.2, -0.15) is 0 Å². The predicted octanol–water partition coefficient (Wildman–Crippen LogP) is 1.56. The van der Waals surface area contributed by atoms with E-state index in [1.807, 2.05) is 13.8 Å². The van der Waals surface area contributed by atoms with Crippen molar-refractivity contribution in [3.8, 4) is 0 Å². The van der Waals surface area contributed by atoms with Crippen LogP contribution in [0.3, 0.4) is 0 Å². The third-order valence-electron chi connectivity index (χ3n) is 2.09. The monoisotopic (exact) mass is 235 g/mol. The number of anilines is 1. The normalized spacial score (nSPS) is 10.1. The van der Waals surface area contributed by atoms with Crippen LogP contribution >= 0.6 is 0 Å². The number of carbonyl (C=O) groups is 2. The van der Waals surface area contributed by atoms with Gasteiger partial charge in [0.25, 0.3) is 5.91 Å². The van der Waals surface area contributed by atoms with Crippen molar-refractivity contribution in [1.29, 1.82) is 0 Å². The van der Waals surface area contributed by atoms with Gasteiger partial charge in [0.05, 0.1) is 0 Å². The molecule has 3 amide bonds. The molecule has 5 nitrogen and oxygen atoms in total. The molecule has 4 N–H and O–H groups in total. The minimum atomic E-state index is -0.623. The first-order chi connectivity index (χ1) is 7.99. The van der Waals surface area contributed by atoms with E-state index in [1.54, 1.807) is 24.3 Å². The van der Waals surface area contributed by atoms with Crippen molar-refractivity contribution in [2.24, 2.45) is 11.7 Å². The summed E-state index contributed by atoms with van der Waals surface area (Å²) >= 11 is 0. The Balaban J connectivity index is 2.60. The molecule has 5 heteroatoms. The first-order valence-electron chi connectivity index (χ1n) is 5.43. The highest BCUT2D eigenvalue weighted by Crippen LogP contribution is 2.09. The summed E-state index contributed by atoms with van der Waals surface area (Å²) in [6, 6.07) is 5.92. The maximum absolute atomic E-state index is 11.7. The van der Waals surface area contributed by atoms with E-state index in [0.717, 1.165) is 0 Å². The van der Waals surface area contributed by atoms with Crippen LogP contribution in [-0.2, 0) is 0 Å². The zero-order valence-electron chi connectivity index (χ0n) is 9.99. The second kappa shape index (κ2) is 5.89. The van der Waals surface area contributed by atoms with E-state index < -0.39 is 6.03 Å². The highest BCUT2D eigenvalue weighted by molar-refractivity contribution is 5.95. The molecule has 17 heavy (non-hydrogen) atoms. The minimum absolute atomic E-state index is 0.121. The lowest BCUT2D eigenvalue weighted by molar-refractivity contribution is 0.0949. The maximum atomic E-state index is 11.7. The van der Waals surface area contributed by atoms with E-state index in [-0.39, 0.29) is 5.91 Å². The highest BCUT2D eigenvalue weighted by Gasteiger charge is 2.05. The molecule has 0 atom stereocenters. The van der Waals surface area contributed by atoms with Gasteiger partial charge in [0, 0.05) is 17.8 Å². The Morgan fingerprint density at radius 3 is 2.29 bits per heavy atom. The Morgan fingerprint density at radius 2 is 1.82 bits per heavy atom. The van der Waals surface area contributed by atoms with Gasteiger partial charge < -0.3 is 16.4 Å². The van der Waals surface area contributed by atoms with Crippen LogP contribution in [0.15, 0.2) is 24.3 Å². The van der Waals surface area contributed by atoms with E-state index in [9.17, 15) is 9.59 Å². The zero-order chi connectivity index (χ0) is 12.8. The highest BCUT2D eigenvalue weighted by atomic mass is 16.2. The number of hydrogen-bond acceptors (Lipinski definition) is 2. The molecule has 0 aliphatic carbocycles. The van der Waals surface area contributed by atoms with E-state index in [4.69, 9.17) is 5.73 Å². The molecule has 0 bridgehead atoms. The van der Waals surface area contributed by atoms with Crippen LogP contribution in [0.1, 0.15) is 24.2 Å². The van der Waals surface area contributed by atoms with E-state index in [2.05, 4.69) is 10.6 Å². The average Bonchev–Trinajstić information content (AvgIpc) is 2.26. The Morgan fingerprint density at radius 1 is 1.24 bits per heavy atom. The summed E-state index contributed by atoms with van der Waals surface area (Å²) in [6.45, 7) is 4.69. The molecule has 0 radical (unpaired) electrons. The van der Waals surface area contributed by atoms with Crippen molar-refractivity contribution in [3.05, 3.63) is 29.8 Å². The third kappa shape index (κ3) is 4.55. The van der Waals surface area contributed by atoms with Crippen molar-refractivity contribution in [2.45, 2.75) is 13.8 Å². The van der Waals surface area contributed by atoms with Crippen molar-refractivity contribution in [2.75, 3.05) is 11.9 Å². The van der Waals surface area contributed by atoms with Gasteiger partial charge in [0.1, 0.15) is 0 Å². The van der Waals surface area contributed by atoms with E-state index in [0.29, 0.717) is 23.7 Å². The molecule has 1 rings (SSSR count). The van der Waals surface area contributed by atoms with Crippen molar-refractivity contribution < 1.29 is 9.59 Å². The average molecular weight is 235 g/mol. The quantitative estimate of drug-likeness (QED) is 0.740. The molecule has 1 aromatic rings. The first-order valence-corrected chi connectivity index (χ1v) is 5.43. The van der Waals surface area contributed by atoms with Gasteiger partial charge in [-0.3, -0.25) is 4.79 Å². The lowest BCUT2D eigenvalue weighted by Gasteiger charge is -2.08. The van der Waals surface area contributed by atoms with Crippen molar-refractivity contribution in [3.63, 3.8) is 0 Å². The third-order valence-corrected chi connectivity index (χ3v) is 2.09. The van der Waals surface area contributed by atoms with Crippen LogP contribution < -0.4 is 16.4 Å². The number of nitrogens with two attached hydrogens (primary N) is 1. The van der Waals surface area contributed by atoms with Crippen molar-refractivity contribution in [1.82, 2.24) is 5.32 Å². The van der Waals surface area contributed by atoms with Gasteiger partial charge in [-0.1, -0.05) is 13.8 Å². The molecule has 0 aliphatic heterocycles. The molecule has 0 aromatic heterocycles. The number of urea groups is 1. The summed E-state index contributed by atoms with van der Waals surface area (Å²) in [5, 5.41) is 5.24. The number of primary amides is 1. The van der Waals surface area contributed by atoms with Gasteiger partial charge in [-0.15, -0.1) is 0 Å². The zero-order valence-corrected chi connectivity index (χ0v) is 9.99. The summed E-state index contributed by atoms with van der Waals surface area (Å²) in [5.41, 5.74) is 6.10. The second-order valence-electron chi connectivity index (χ2n) is 4.17. The second-order valence-corrected chi connectivity index (χ2v) is 4.17. The first kappa shape index (κ1) is 13.0. The van der Waals surface area contributed by atoms with E-state index >= 15 is 0 Å². The van der Waals surface area contributed by atoms with Gasteiger partial charge in [-0.25, -0.2) is 4.79 Å². The van der Waals surface area contributed by atoms with Crippen LogP contribution in [0.25, 0.3) is 0 Å². The number of carbonyl (C=O) groups excluding carboxylic acids is 2.